The molecule has 0 bridgehead atoms. The van der Waals surface area contributed by atoms with Gasteiger partial charge in [-0.15, -0.1) is 0 Å². The number of hydrogen-bond donors (Lipinski definition) is 1. The molecule has 0 unspecified atom stereocenters. The summed E-state index contributed by atoms with van der Waals surface area (Å²) < 4.78 is 0. The summed E-state index contributed by atoms with van der Waals surface area (Å²) in [7, 11) is 0. The van der Waals surface area contributed by atoms with Gasteiger partial charge in [-0.25, -0.2) is 0 Å². The van der Waals surface area contributed by atoms with Gasteiger partial charge < -0.3 is 10.2 Å². The van der Waals surface area contributed by atoms with Crippen LogP contribution in [0.25, 0.3) is 0 Å². The lowest BCUT2D eigenvalue weighted by Crippen LogP contribution is -2.48. The molecule has 1 heterocycles. The lowest BCUT2D eigenvalue weighted by atomic mass is 9.82. The highest BCUT2D eigenvalue weighted by Gasteiger charge is 2.35. The number of rotatable bonds is 3. The highest BCUT2D eigenvalue weighted by molar-refractivity contribution is 4.91. The highest BCUT2D eigenvalue weighted by Crippen LogP contribution is 2.41. The highest BCUT2D eigenvalue weighted by atomic mass is 15.2. The van der Waals surface area contributed by atoms with E-state index < -0.39 is 0 Å². The third-order valence-electron chi connectivity index (χ3n) is 4.85. The molecule has 2 heteroatoms. The van der Waals surface area contributed by atoms with E-state index in [9.17, 15) is 0 Å². The lowest BCUT2D eigenvalue weighted by molar-refractivity contribution is 0.132. The van der Waals surface area contributed by atoms with Crippen molar-refractivity contribution in [2.24, 2.45) is 5.41 Å². The number of nitrogens with zero attached hydrogens (tertiary/aromatic N) is 1. The first-order valence-corrected chi connectivity index (χ1v) is 7.53. The molecule has 2 nitrogen and oxygen atoms in total. The topological polar surface area (TPSA) is 15.3 Å². The van der Waals surface area contributed by atoms with Crippen molar-refractivity contribution in [1.82, 2.24) is 10.2 Å². The predicted octanol–water partition coefficient (Wildman–Crippen LogP) is 3.03. The Bertz CT molecular complexity index is 241. The van der Waals surface area contributed by atoms with Crippen molar-refractivity contribution in [2.45, 2.75) is 64.8 Å². The van der Waals surface area contributed by atoms with Crippen LogP contribution in [0.15, 0.2) is 0 Å². The molecule has 0 spiro atoms. The Hall–Kier alpha value is -0.0800. The van der Waals surface area contributed by atoms with E-state index >= 15 is 0 Å². The molecule has 0 radical (unpaired) electrons. The van der Waals surface area contributed by atoms with Crippen LogP contribution in [0.4, 0.5) is 0 Å². The molecule has 0 amide bonds. The second kappa shape index (κ2) is 5.27. The van der Waals surface area contributed by atoms with E-state index in [1.807, 2.05) is 0 Å². The van der Waals surface area contributed by atoms with Gasteiger partial charge in [0.2, 0.25) is 0 Å². The Labute approximate surface area is 107 Å². The zero-order valence-corrected chi connectivity index (χ0v) is 12.0. The van der Waals surface area contributed by atoms with Crippen molar-refractivity contribution in [3.63, 3.8) is 0 Å². The maximum atomic E-state index is 3.66. The molecule has 1 aliphatic heterocycles. The van der Waals surface area contributed by atoms with Gasteiger partial charge >= 0.3 is 0 Å². The third-order valence-corrected chi connectivity index (χ3v) is 4.85. The van der Waals surface area contributed by atoms with Crippen LogP contribution >= 0.6 is 0 Å². The SMILES string of the molecule is CCC1(CN2CCCNC(C)(C)C2)CCCC1. The van der Waals surface area contributed by atoms with Crippen molar-refractivity contribution in [3.05, 3.63) is 0 Å². The van der Waals surface area contributed by atoms with Crippen LogP contribution in [-0.4, -0.2) is 36.6 Å². The van der Waals surface area contributed by atoms with E-state index in [0.717, 1.165) is 0 Å². The van der Waals surface area contributed by atoms with Crippen molar-refractivity contribution in [2.75, 3.05) is 26.2 Å². The fraction of sp³-hybridized carbons (Fsp3) is 1.00. The van der Waals surface area contributed by atoms with E-state index in [4.69, 9.17) is 0 Å². The Morgan fingerprint density at radius 3 is 2.47 bits per heavy atom. The summed E-state index contributed by atoms with van der Waals surface area (Å²) in [5.41, 5.74) is 0.949. The number of nitrogens with one attached hydrogen (secondary N) is 1. The fourth-order valence-electron chi connectivity index (χ4n) is 3.78. The van der Waals surface area contributed by atoms with E-state index in [1.165, 1.54) is 64.7 Å². The minimum absolute atomic E-state index is 0.296. The van der Waals surface area contributed by atoms with Crippen LogP contribution in [-0.2, 0) is 0 Å². The van der Waals surface area contributed by atoms with Gasteiger partial charge in [0.25, 0.3) is 0 Å². The van der Waals surface area contributed by atoms with Crippen molar-refractivity contribution < 1.29 is 0 Å². The van der Waals surface area contributed by atoms with Gasteiger partial charge in [0.15, 0.2) is 0 Å². The predicted molar refractivity (Wildman–Crippen MR) is 74.3 cm³/mol. The maximum Gasteiger partial charge on any atom is 0.0252 e. The van der Waals surface area contributed by atoms with Gasteiger partial charge in [0.1, 0.15) is 0 Å². The van der Waals surface area contributed by atoms with Gasteiger partial charge in [-0.3, -0.25) is 0 Å². The summed E-state index contributed by atoms with van der Waals surface area (Å²) in [5, 5.41) is 3.66. The largest absolute Gasteiger partial charge is 0.310 e. The quantitative estimate of drug-likeness (QED) is 0.813. The molecule has 17 heavy (non-hydrogen) atoms. The Morgan fingerprint density at radius 2 is 1.82 bits per heavy atom. The average Bonchev–Trinajstić information content (AvgIpc) is 2.66. The van der Waals surface area contributed by atoms with Crippen LogP contribution in [0.2, 0.25) is 0 Å². The van der Waals surface area contributed by atoms with Crippen molar-refractivity contribution >= 4 is 0 Å². The summed E-state index contributed by atoms with van der Waals surface area (Å²) in [6, 6.07) is 0. The molecule has 2 rings (SSSR count). The molecule has 2 fully saturated rings. The molecule has 100 valence electrons. The van der Waals surface area contributed by atoms with Crippen molar-refractivity contribution in [3.8, 4) is 0 Å². The van der Waals surface area contributed by atoms with E-state index in [2.05, 4.69) is 31.0 Å². The van der Waals surface area contributed by atoms with Crippen LogP contribution in [0.3, 0.4) is 0 Å². The minimum Gasteiger partial charge on any atom is -0.310 e. The van der Waals surface area contributed by atoms with Gasteiger partial charge in [-0.2, -0.15) is 0 Å². The first-order valence-electron chi connectivity index (χ1n) is 7.53. The molecule has 0 aromatic rings. The summed E-state index contributed by atoms with van der Waals surface area (Å²) in [5.74, 6) is 0. The first-order chi connectivity index (χ1) is 8.05. The van der Waals surface area contributed by atoms with E-state index in [0.29, 0.717) is 11.0 Å². The van der Waals surface area contributed by atoms with Crippen LogP contribution < -0.4 is 5.32 Å². The van der Waals surface area contributed by atoms with Gasteiger partial charge in [-0.1, -0.05) is 19.8 Å². The summed E-state index contributed by atoms with van der Waals surface area (Å²) in [6.07, 6.45) is 8.54. The van der Waals surface area contributed by atoms with Gasteiger partial charge in [0.05, 0.1) is 0 Å². The number of hydrogen-bond acceptors (Lipinski definition) is 2. The van der Waals surface area contributed by atoms with Crippen molar-refractivity contribution in [1.29, 1.82) is 0 Å². The van der Waals surface area contributed by atoms with Crippen LogP contribution in [0.1, 0.15) is 59.3 Å². The molecule has 1 saturated heterocycles. The van der Waals surface area contributed by atoms with Gasteiger partial charge in [0, 0.05) is 18.6 Å². The first kappa shape index (κ1) is 13.4. The Balaban J connectivity index is 1.96. The fourth-order valence-corrected chi connectivity index (χ4v) is 3.78. The standard InChI is InChI=1S/C15H30N2/c1-4-15(8-5-6-9-15)13-17-11-7-10-16-14(2,3)12-17/h16H,4-13H2,1-3H3. The summed E-state index contributed by atoms with van der Waals surface area (Å²) in [6.45, 7) is 12.1. The second-order valence-electron chi connectivity index (χ2n) is 6.94. The van der Waals surface area contributed by atoms with E-state index in [-0.39, 0.29) is 0 Å². The molecule has 0 atom stereocenters. The van der Waals surface area contributed by atoms with Gasteiger partial charge in [-0.05, 0) is 58.0 Å². The summed E-state index contributed by atoms with van der Waals surface area (Å²) in [4.78, 5) is 2.73. The lowest BCUT2D eigenvalue weighted by Gasteiger charge is -2.37. The zero-order valence-electron chi connectivity index (χ0n) is 12.0. The Kier molecular flexibility index (Phi) is 4.14. The third kappa shape index (κ3) is 3.45. The Morgan fingerprint density at radius 1 is 1.12 bits per heavy atom. The maximum absolute atomic E-state index is 3.66. The average molecular weight is 238 g/mol. The van der Waals surface area contributed by atoms with Crippen LogP contribution in [0.5, 0.6) is 0 Å². The summed E-state index contributed by atoms with van der Waals surface area (Å²) >= 11 is 0. The monoisotopic (exact) mass is 238 g/mol. The van der Waals surface area contributed by atoms with E-state index in [1.54, 1.807) is 0 Å². The molecule has 1 aliphatic carbocycles. The normalized spacial score (nSPS) is 29.1. The molecular formula is C15H30N2. The second-order valence-corrected chi connectivity index (χ2v) is 6.94. The molecule has 1 N–H and O–H groups in total. The molecule has 0 aromatic carbocycles. The molecule has 2 aliphatic rings. The molecule has 0 aromatic heterocycles. The zero-order chi connectivity index (χ0) is 12.4. The molecule has 1 saturated carbocycles. The molecular weight excluding hydrogens is 208 g/mol. The smallest absolute Gasteiger partial charge is 0.0252 e. The minimum atomic E-state index is 0.296. The van der Waals surface area contributed by atoms with Crippen LogP contribution in [0, 0.1) is 5.41 Å².